The highest BCUT2D eigenvalue weighted by Gasteiger charge is 2.15. The van der Waals surface area contributed by atoms with Gasteiger partial charge in [-0.1, -0.05) is 0 Å². The maximum atomic E-state index is 5.93. The van der Waals surface area contributed by atoms with E-state index in [1.807, 2.05) is 13.0 Å². The number of nitrogens with two attached hydrogens (primary N) is 1. The van der Waals surface area contributed by atoms with Gasteiger partial charge in [-0.3, -0.25) is 4.98 Å². The van der Waals surface area contributed by atoms with Crippen molar-refractivity contribution in [3.8, 4) is 5.88 Å². The number of nitrogens with zero attached hydrogens (tertiary/aromatic N) is 2. The number of pyridine rings is 2. The minimum Gasteiger partial charge on any atom is -0.481 e. The summed E-state index contributed by atoms with van der Waals surface area (Å²) in [5.41, 5.74) is 8.85. The molecule has 0 aliphatic heterocycles. The van der Waals surface area contributed by atoms with Crippen molar-refractivity contribution >= 4 is 16.7 Å². The maximum Gasteiger partial charge on any atom is 0.213 e. The standard InChI is InChI=1S/C12H15N3O2/c1-7(16-2)11-8(13)6-14-9-4-5-10(17-3)15-12(9)11/h4-7H,13H2,1-3H3/t7-/m0/s1. The number of hydrogen-bond acceptors (Lipinski definition) is 5. The molecule has 0 spiro atoms. The van der Waals surface area contributed by atoms with Gasteiger partial charge in [-0.15, -0.1) is 0 Å². The van der Waals surface area contributed by atoms with E-state index in [0.29, 0.717) is 11.6 Å². The van der Waals surface area contributed by atoms with Crippen LogP contribution in [0.5, 0.6) is 5.88 Å². The number of fused-ring (bicyclic) bond motifs is 1. The molecule has 0 fully saturated rings. The molecule has 90 valence electrons. The normalized spacial score (nSPS) is 12.6. The van der Waals surface area contributed by atoms with E-state index in [1.165, 1.54) is 0 Å². The minimum absolute atomic E-state index is 0.139. The zero-order valence-corrected chi connectivity index (χ0v) is 10.1. The first kappa shape index (κ1) is 11.6. The third kappa shape index (κ3) is 2.01. The number of methoxy groups -OCH3 is 2. The van der Waals surface area contributed by atoms with E-state index in [-0.39, 0.29) is 6.10 Å². The predicted molar refractivity (Wildman–Crippen MR) is 65.9 cm³/mol. The van der Waals surface area contributed by atoms with E-state index >= 15 is 0 Å². The molecule has 2 aromatic rings. The largest absolute Gasteiger partial charge is 0.481 e. The third-order valence-corrected chi connectivity index (χ3v) is 2.73. The maximum absolute atomic E-state index is 5.93. The van der Waals surface area contributed by atoms with Gasteiger partial charge in [0.25, 0.3) is 0 Å². The summed E-state index contributed by atoms with van der Waals surface area (Å²) in [6.07, 6.45) is 1.49. The van der Waals surface area contributed by atoms with Crippen molar-refractivity contribution in [2.75, 3.05) is 20.0 Å². The average molecular weight is 233 g/mol. The second-order valence-electron chi connectivity index (χ2n) is 3.73. The summed E-state index contributed by atoms with van der Waals surface area (Å²) < 4.78 is 10.4. The van der Waals surface area contributed by atoms with Crippen LogP contribution in [0.1, 0.15) is 18.6 Å². The fourth-order valence-electron chi connectivity index (χ4n) is 1.74. The number of anilines is 1. The Labute approximate surface area is 99.6 Å². The molecule has 0 radical (unpaired) electrons. The molecule has 1 atom stereocenters. The highest BCUT2D eigenvalue weighted by Crippen LogP contribution is 2.29. The van der Waals surface area contributed by atoms with Gasteiger partial charge >= 0.3 is 0 Å². The van der Waals surface area contributed by atoms with Gasteiger partial charge in [0.1, 0.15) is 5.52 Å². The number of rotatable bonds is 3. The first-order valence-corrected chi connectivity index (χ1v) is 5.29. The van der Waals surface area contributed by atoms with Crippen LogP contribution in [-0.4, -0.2) is 24.2 Å². The molecule has 2 N–H and O–H groups in total. The smallest absolute Gasteiger partial charge is 0.213 e. The van der Waals surface area contributed by atoms with E-state index in [4.69, 9.17) is 15.2 Å². The molecule has 0 aliphatic carbocycles. The van der Waals surface area contributed by atoms with Gasteiger partial charge in [0.2, 0.25) is 5.88 Å². The summed E-state index contributed by atoms with van der Waals surface area (Å²) in [6, 6.07) is 3.62. The molecule has 0 amide bonds. The SMILES string of the molecule is COc1ccc2ncc(N)c([C@H](C)OC)c2n1. The van der Waals surface area contributed by atoms with Gasteiger partial charge < -0.3 is 15.2 Å². The molecule has 2 heterocycles. The van der Waals surface area contributed by atoms with E-state index in [0.717, 1.165) is 16.6 Å². The predicted octanol–water partition coefficient (Wildman–Crippen LogP) is 1.93. The first-order chi connectivity index (χ1) is 8.17. The highest BCUT2D eigenvalue weighted by atomic mass is 16.5. The molecule has 2 aromatic heterocycles. The van der Waals surface area contributed by atoms with Crippen LogP contribution in [0, 0.1) is 0 Å². The Bertz CT molecular complexity index is 543. The second-order valence-corrected chi connectivity index (χ2v) is 3.73. The molecule has 0 unspecified atom stereocenters. The van der Waals surface area contributed by atoms with Crippen molar-refractivity contribution < 1.29 is 9.47 Å². The third-order valence-electron chi connectivity index (χ3n) is 2.73. The Morgan fingerprint density at radius 3 is 2.71 bits per heavy atom. The highest BCUT2D eigenvalue weighted by molar-refractivity contribution is 5.83. The second kappa shape index (κ2) is 4.55. The Balaban J connectivity index is 2.73. The van der Waals surface area contributed by atoms with Crippen molar-refractivity contribution in [2.45, 2.75) is 13.0 Å². The number of ether oxygens (including phenoxy) is 2. The molecule has 0 aliphatic rings. The van der Waals surface area contributed by atoms with Crippen molar-refractivity contribution in [3.63, 3.8) is 0 Å². The summed E-state index contributed by atoms with van der Waals surface area (Å²) in [7, 11) is 3.21. The average Bonchev–Trinajstić information content (AvgIpc) is 2.37. The van der Waals surface area contributed by atoms with Crippen molar-refractivity contribution in [3.05, 3.63) is 23.9 Å². The fourth-order valence-corrected chi connectivity index (χ4v) is 1.74. The van der Waals surface area contributed by atoms with Crippen LogP contribution in [0.15, 0.2) is 18.3 Å². The van der Waals surface area contributed by atoms with Crippen LogP contribution >= 0.6 is 0 Å². The zero-order chi connectivity index (χ0) is 12.4. The Hall–Kier alpha value is -1.88. The molecule has 5 heteroatoms. The monoisotopic (exact) mass is 233 g/mol. The molecule has 2 rings (SSSR count). The van der Waals surface area contributed by atoms with E-state index in [1.54, 1.807) is 26.5 Å². The van der Waals surface area contributed by atoms with Crippen molar-refractivity contribution in [2.24, 2.45) is 0 Å². The first-order valence-electron chi connectivity index (χ1n) is 5.29. The summed E-state index contributed by atoms with van der Waals surface area (Å²) in [6.45, 7) is 1.92. The van der Waals surface area contributed by atoms with E-state index in [2.05, 4.69) is 9.97 Å². The Morgan fingerprint density at radius 1 is 1.29 bits per heavy atom. The van der Waals surface area contributed by atoms with Gasteiger partial charge in [0.05, 0.1) is 30.6 Å². The fraction of sp³-hybridized carbons (Fsp3) is 0.333. The molecular weight excluding hydrogens is 218 g/mol. The summed E-state index contributed by atoms with van der Waals surface area (Å²) in [4.78, 5) is 8.61. The minimum atomic E-state index is -0.139. The van der Waals surface area contributed by atoms with Crippen LogP contribution in [-0.2, 0) is 4.74 Å². The lowest BCUT2D eigenvalue weighted by Gasteiger charge is -2.14. The molecule has 0 saturated carbocycles. The topological polar surface area (TPSA) is 70.3 Å². The van der Waals surface area contributed by atoms with E-state index < -0.39 is 0 Å². The lowest BCUT2D eigenvalue weighted by Crippen LogP contribution is -2.05. The number of hydrogen-bond donors (Lipinski definition) is 1. The van der Waals surface area contributed by atoms with Crippen LogP contribution in [0.2, 0.25) is 0 Å². The van der Waals surface area contributed by atoms with Crippen LogP contribution in [0.3, 0.4) is 0 Å². The van der Waals surface area contributed by atoms with Crippen LogP contribution in [0.25, 0.3) is 11.0 Å². The molecule has 0 saturated heterocycles. The number of aromatic nitrogens is 2. The summed E-state index contributed by atoms with van der Waals surface area (Å²) >= 11 is 0. The van der Waals surface area contributed by atoms with Crippen molar-refractivity contribution in [1.29, 1.82) is 0 Å². The summed E-state index contributed by atoms with van der Waals surface area (Å²) in [5.74, 6) is 0.537. The van der Waals surface area contributed by atoms with Crippen molar-refractivity contribution in [1.82, 2.24) is 9.97 Å². The Morgan fingerprint density at radius 2 is 2.06 bits per heavy atom. The Kier molecular flexibility index (Phi) is 3.10. The zero-order valence-electron chi connectivity index (χ0n) is 10.1. The van der Waals surface area contributed by atoms with Gasteiger partial charge in [0, 0.05) is 18.7 Å². The lowest BCUT2D eigenvalue weighted by molar-refractivity contribution is 0.121. The summed E-state index contributed by atoms with van der Waals surface area (Å²) in [5, 5.41) is 0. The quantitative estimate of drug-likeness (QED) is 0.877. The van der Waals surface area contributed by atoms with Crippen LogP contribution in [0.4, 0.5) is 5.69 Å². The van der Waals surface area contributed by atoms with Gasteiger partial charge in [0.15, 0.2) is 0 Å². The number of nitrogen functional groups attached to an aromatic ring is 1. The molecular formula is C12H15N3O2. The van der Waals surface area contributed by atoms with Gasteiger partial charge in [-0.25, -0.2) is 4.98 Å². The molecule has 5 nitrogen and oxygen atoms in total. The van der Waals surface area contributed by atoms with E-state index in [9.17, 15) is 0 Å². The molecule has 0 bridgehead atoms. The molecule has 17 heavy (non-hydrogen) atoms. The lowest BCUT2D eigenvalue weighted by atomic mass is 10.1. The van der Waals surface area contributed by atoms with Crippen LogP contribution < -0.4 is 10.5 Å². The molecule has 0 aromatic carbocycles. The van der Waals surface area contributed by atoms with Gasteiger partial charge in [-0.05, 0) is 13.0 Å². The van der Waals surface area contributed by atoms with Gasteiger partial charge in [-0.2, -0.15) is 0 Å².